The third-order valence-corrected chi connectivity index (χ3v) is 2.57. The van der Waals surface area contributed by atoms with Gasteiger partial charge in [-0.3, -0.25) is 0 Å². The molecule has 0 aromatic heterocycles. The average Bonchev–Trinajstić information content (AvgIpc) is 2.26. The van der Waals surface area contributed by atoms with Crippen LogP contribution in [0, 0.1) is 0 Å². The number of carbonyl (C=O) groups is 1. The molecule has 0 aliphatic heterocycles. The number of aryl methyl sites for hydroxylation is 2. The molecule has 0 amide bonds. The molecule has 14 heavy (non-hydrogen) atoms. The van der Waals surface area contributed by atoms with Crippen molar-refractivity contribution < 1.29 is 8.62 Å². The third kappa shape index (κ3) is 2.15. The molecule has 0 spiro atoms. The van der Waals surface area contributed by atoms with Gasteiger partial charge in [0.1, 0.15) is 0 Å². The fraction of sp³-hybridized carbons (Fsp3) is 0.364. The van der Waals surface area contributed by atoms with E-state index >= 15 is 0 Å². The minimum absolute atomic E-state index is 0.306. The zero-order valence-electron chi connectivity index (χ0n) is 8.34. The second-order valence-corrected chi connectivity index (χ2v) is 3.35. The topological polar surface area (TPSA) is 26.3 Å². The summed E-state index contributed by atoms with van der Waals surface area (Å²) in [5.74, 6) is -0.306. The van der Waals surface area contributed by atoms with Crippen molar-refractivity contribution >= 4 is 22.2 Å². The van der Waals surface area contributed by atoms with Crippen molar-refractivity contribution in [2.75, 3.05) is 0 Å². The van der Waals surface area contributed by atoms with Crippen LogP contribution >= 0.6 is 16.3 Å². The maximum Gasteiger partial charge on any atom is 0.350 e. The molecule has 2 nitrogen and oxygen atoms in total. The van der Waals surface area contributed by atoms with Crippen LogP contribution in [0.25, 0.3) is 0 Å². The molecule has 3 heteroatoms. The Bertz CT molecular complexity index is 312. The van der Waals surface area contributed by atoms with Crippen molar-refractivity contribution in [2.24, 2.45) is 0 Å². The second-order valence-electron chi connectivity index (χ2n) is 3.02. The van der Waals surface area contributed by atoms with Crippen molar-refractivity contribution in [1.29, 1.82) is 0 Å². The quantitative estimate of drug-likeness (QED) is 0.830. The van der Waals surface area contributed by atoms with Crippen LogP contribution in [-0.2, 0) is 16.7 Å². The van der Waals surface area contributed by atoms with Gasteiger partial charge in [0.15, 0.2) is 16.3 Å². The van der Waals surface area contributed by atoms with Gasteiger partial charge in [-0.25, -0.2) is 4.79 Å². The smallest absolute Gasteiger partial charge is 0.350 e. The Kier molecular flexibility index (Phi) is 4.14. The molecule has 0 heterocycles. The molecule has 0 saturated heterocycles. The first-order valence-electron chi connectivity index (χ1n) is 4.68. The van der Waals surface area contributed by atoms with E-state index in [1.807, 2.05) is 32.0 Å². The molecule has 0 fully saturated rings. The maximum absolute atomic E-state index is 11.5. The van der Waals surface area contributed by atoms with Crippen molar-refractivity contribution in [3.63, 3.8) is 0 Å². The number of hydrogen-bond donors (Lipinski definition) is 0. The Balaban J connectivity index is 3.25. The Hall–Kier alpha value is -0.830. The van der Waals surface area contributed by atoms with E-state index in [-0.39, 0.29) is 5.97 Å². The van der Waals surface area contributed by atoms with Crippen molar-refractivity contribution in [1.82, 2.24) is 0 Å². The summed E-state index contributed by atoms with van der Waals surface area (Å²) in [6.07, 6.45) is 1.68. The lowest BCUT2D eigenvalue weighted by Gasteiger charge is -2.09. The number of hydrogen-bond acceptors (Lipinski definition) is 2. The van der Waals surface area contributed by atoms with Crippen molar-refractivity contribution in [2.45, 2.75) is 26.7 Å². The minimum atomic E-state index is -0.306. The third-order valence-electron chi connectivity index (χ3n) is 2.27. The summed E-state index contributed by atoms with van der Waals surface area (Å²) in [6, 6.07) is 5.89. The van der Waals surface area contributed by atoms with Crippen LogP contribution in [0.3, 0.4) is 0 Å². The molecule has 0 aliphatic carbocycles. The highest BCUT2D eigenvalue weighted by Crippen LogP contribution is 2.18. The van der Waals surface area contributed by atoms with Crippen LogP contribution in [0.15, 0.2) is 18.2 Å². The zero-order valence-corrected chi connectivity index (χ0v) is 9.93. The lowest BCUT2D eigenvalue weighted by Crippen LogP contribution is -2.07. The standard InChI is InChI=1S/C11H13BrO2/c1-3-8-6-5-7-9(4-2)10(8)11(13)14-12/h5-7H,3-4H2,1-2H3. The van der Waals surface area contributed by atoms with Gasteiger partial charge in [-0.15, -0.1) is 0 Å². The molecule has 0 saturated carbocycles. The Morgan fingerprint density at radius 1 is 1.29 bits per heavy atom. The van der Waals surface area contributed by atoms with Gasteiger partial charge < -0.3 is 3.83 Å². The van der Waals surface area contributed by atoms with Gasteiger partial charge in [-0.2, -0.15) is 0 Å². The molecule has 76 valence electrons. The first kappa shape index (κ1) is 11.2. The van der Waals surface area contributed by atoms with Gasteiger partial charge in [0.2, 0.25) is 0 Å². The summed E-state index contributed by atoms with van der Waals surface area (Å²) in [4.78, 5) is 11.5. The molecule has 0 radical (unpaired) electrons. The monoisotopic (exact) mass is 256 g/mol. The summed E-state index contributed by atoms with van der Waals surface area (Å²) >= 11 is 2.73. The predicted octanol–water partition coefficient (Wildman–Crippen LogP) is 3.28. The molecule has 0 N–H and O–H groups in total. The maximum atomic E-state index is 11.5. The van der Waals surface area contributed by atoms with E-state index in [0.29, 0.717) is 5.56 Å². The molecule has 0 atom stereocenters. The summed E-state index contributed by atoms with van der Waals surface area (Å²) < 4.78 is 4.59. The molecule has 0 unspecified atom stereocenters. The first-order valence-corrected chi connectivity index (χ1v) is 5.33. The van der Waals surface area contributed by atoms with E-state index in [1.165, 1.54) is 0 Å². The Labute approximate surface area is 92.7 Å². The van der Waals surface area contributed by atoms with Crippen LogP contribution in [0.5, 0.6) is 0 Å². The van der Waals surface area contributed by atoms with Gasteiger partial charge in [0.25, 0.3) is 0 Å². The Morgan fingerprint density at radius 2 is 1.79 bits per heavy atom. The van der Waals surface area contributed by atoms with E-state index in [0.717, 1.165) is 24.0 Å². The highest BCUT2D eigenvalue weighted by Gasteiger charge is 2.14. The van der Waals surface area contributed by atoms with E-state index in [9.17, 15) is 4.79 Å². The summed E-state index contributed by atoms with van der Waals surface area (Å²) in [5.41, 5.74) is 2.77. The SMILES string of the molecule is CCc1cccc(CC)c1C(=O)OBr. The van der Waals surface area contributed by atoms with Crippen LogP contribution < -0.4 is 0 Å². The largest absolute Gasteiger partial charge is 0.380 e. The second kappa shape index (κ2) is 5.15. The van der Waals surface area contributed by atoms with Gasteiger partial charge in [0.05, 0.1) is 5.56 Å². The molecule has 1 aromatic carbocycles. The fourth-order valence-electron chi connectivity index (χ4n) is 1.54. The summed E-state index contributed by atoms with van der Waals surface area (Å²) in [5, 5.41) is 0. The molecule has 1 aromatic rings. The Morgan fingerprint density at radius 3 is 2.14 bits per heavy atom. The number of carbonyl (C=O) groups excluding carboxylic acids is 1. The van der Waals surface area contributed by atoms with Crippen LogP contribution in [-0.4, -0.2) is 5.97 Å². The van der Waals surface area contributed by atoms with E-state index in [4.69, 9.17) is 0 Å². The lowest BCUT2D eigenvalue weighted by molar-refractivity contribution is 0.0779. The summed E-state index contributed by atoms with van der Waals surface area (Å²) in [6.45, 7) is 4.06. The molecular weight excluding hydrogens is 244 g/mol. The van der Waals surface area contributed by atoms with Crippen LogP contribution in [0.4, 0.5) is 0 Å². The highest BCUT2D eigenvalue weighted by atomic mass is 79.9. The van der Waals surface area contributed by atoms with Crippen LogP contribution in [0.1, 0.15) is 35.3 Å². The van der Waals surface area contributed by atoms with Gasteiger partial charge in [0, 0.05) is 0 Å². The number of halogens is 1. The lowest BCUT2D eigenvalue weighted by atomic mass is 9.98. The predicted molar refractivity (Wildman–Crippen MR) is 59.5 cm³/mol. The first-order chi connectivity index (χ1) is 6.74. The molecule has 1 rings (SSSR count). The van der Waals surface area contributed by atoms with Gasteiger partial charge in [-0.05, 0) is 24.0 Å². The molecule has 0 aliphatic rings. The van der Waals surface area contributed by atoms with Crippen molar-refractivity contribution in [3.05, 3.63) is 34.9 Å². The number of rotatable bonds is 3. The van der Waals surface area contributed by atoms with E-state index in [2.05, 4.69) is 20.1 Å². The van der Waals surface area contributed by atoms with Gasteiger partial charge >= 0.3 is 5.97 Å². The van der Waals surface area contributed by atoms with E-state index in [1.54, 1.807) is 0 Å². The van der Waals surface area contributed by atoms with Crippen molar-refractivity contribution in [3.8, 4) is 0 Å². The minimum Gasteiger partial charge on any atom is -0.380 e. The zero-order chi connectivity index (χ0) is 10.6. The molecular formula is C11H13BrO2. The normalized spacial score (nSPS) is 9.93. The number of benzene rings is 1. The fourth-order valence-corrected chi connectivity index (χ4v) is 1.71. The van der Waals surface area contributed by atoms with Crippen LogP contribution in [0.2, 0.25) is 0 Å². The van der Waals surface area contributed by atoms with E-state index < -0.39 is 0 Å². The summed E-state index contributed by atoms with van der Waals surface area (Å²) in [7, 11) is 0. The average molecular weight is 257 g/mol. The molecule has 0 bridgehead atoms. The highest BCUT2D eigenvalue weighted by molar-refractivity contribution is 9.06. The van der Waals surface area contributed by atoms with Gasteiger partial charge in [-0.1, -0.05) is 32.0 Å².